The third kappa shape index (κ3) is 3.69. The molecule has 1 aliphatic rings. The van der Waals surface area contributed by atoms with Gasteiger partial charge in [-0.3, -0.25) is 4.79 Å². The Balaban J connectivity index is 2.30. The fourth-order valence-electron chi connectivity index (χ4n) is 1.31. The number of rotatable bonds is 4. The van der Waals surface area contributed by atoms with Gasteiger partial charge in [-0.2, -0.15) is 0 Å². The highest BCUT2D eigenvalue weighted by atomic mass is 19.3. The summed E-state index contributed by atoms with van der Waals surface area (Å²) >= 11 is 0. The Bertz CT molecular complexity index is 238. The van der Waals surface area contributed by atoms with Gasteiger partial charge in [0.25, 0.3) is 5.92 Å². The lowest BCUT2D eigenvalue weighted by molar-refractivity contribution is -0.125. The maximum absolute atomic E-state index is 12.5. The van der Waals surface area contributed by atoms with Crippen molar-refractivity contribution < 1.29 is 23.8 Å². The van der Waals surface area contributed by atoms with Crippen LogP contribution in [0.25, 0.3) is 0 Å². The van der Waals surface area contributed by atoms with E-state index >= 15 is 0 Å². The van der Waals surface area contributed by atoms with E-state index in [-0.39, 0.29) is 13.0 Å². The number of halogens is 2. The van der Waals surface area contributed by atoms with E-state index in [9.17, 15) is 13.6 Å². The average Bonchev–Trinajstić information content (AvgIpc) is 2.61. The van der Waals surface area contributed by atoms with Crippen LogP contribution < -0.4 is 10.6 Å². The van der Waals surface area contributed by atoms with Crippen LogP contribution in [-0.4, -0.2) is 53.9 Å². The number of amides is 1. The maximum Gasteiger partial charge on any atom is 0.287 e. The highest BCUT2D eigenvalue weighted by molar-refractivity contribution is 5.82. The number of alkyl halides is 2. The number of carbonyl (C=O) groups is 1. The predicted molar refractivity (Wildman–Crippen MR) is 47.5 cm³/mol. The first-order valence-electron chi connectivity index (χ1n) is 4.62. The number of carbonyl (C=O) groups excluding carboxylic acids is 1. The molecule has 0 aliphatic carbocycles. The van der Waals surface area contributed by atoms with Gasteiger partial charge in [0.1, 0.15) is 6.61 Å². The van der Waals surface area contributed by atoms with Gasteiger partial charge in [0.05, 0.1) is 18.7 Å². The Morgan fingerprint density at radius 1 is 1.60 bits per heavy atom. The van der Waals surface area contributed by atoms with Crippen molar-refractivity contribution in [3.8, 4) is 0 Å². The van der Waals surface area contributed by atoms with E-state index in [1.165, 1.54) is 0 Å². The zero-order valence-corrected chi connectivity index (χ0v) is 8.04. The Hall–Kier alpha value is -0.790. The average molecular weight is 224 g/mol. The number of aliphatic hydroxyl groups is 2. The SMILES string of the molecule is O=C(NCC(F)(F)CO)C1CC(O)CN1. The molecule has 0 aromatic carbocycles. The second kappa shape index (κ2) is 4.82. The molecule has 0 saturated carbocycles. The smallest absolute Gasteiger partial charge is 0.287 e. The van der Waals surface area contributed by atoms with E-state index in [1.807, 2.05) is 5.32 Å². The molecule has 0 aromatic heterocycles. The Morgan fingerprint density at radius 2 is 2.27 bits per heavy atom. The summed E-state index contributed by atoms with van der Waals surface area (Å²) in [7, 11) is 0. The van der Waals surface area contributed by atoms with Crippen LogP contribution in [0.3, 0.4) is 0 Å². The van der Waals surface area contributed by atoms with Crippen molar-refractivity contribution in [1.82, 2.24) is 10.6 Å². The molecule has 7 heteroatoms. The van der Waals surface area contributed by atoms with E-state index < -0.39 is 37.1 Å². The lowest BCUT2D eigenvalue weighted by atomic mass is 10.2. The number of β-amino-alcohol motifs (C(OH)–C–C–N with tert-alkyl or cyclic N) is 1. The standard InChI is InChI=1S/C8H14F2N2O3/c9-8(10,4-13)3-12-7(15)6-1-5(14)2-11-6/h5-6,11,13-14H,1-4H2,(H,12,15). The molecule has 5 nitrogen and oxygen atoms in total. The van der Waals surface area contributed by atoms with Gasteiger partial charge >= 0.3 is 0 Å². The van der Waals surface area contributed by atoms with Crippen LogP contribution in [0.1, 0.15) is 6.42 Å². The number of aliphatic hydroxyl groups excluding tert-OH is 2. The first-order chi connectivity index (χ1) is 6.94. The lowest BCUT2D eigenvalue weighted by Gasteiger charge is -2.16. The minimum absolute atomic E-state index is 0.219. The van der Waals surface area contributed by atoms with Gasteiger partial charge < -0.3 is 20.8 Å². The summed E-state index contributed by atoms with van der Waals surface area (Å²) in [5.41, 5.74) is 0. The van der Waals surface area contributed by atoms with Gasteiger partial charge in [-0.15, -0.1) is 0 Å². The number of nitrogens with one attached hydrogen (secondary N) is 2. The number of hydrogen-bond donors (Lipinski definition) is 4. The summed E-state index contributed by atoms with van der Waals surface area (Å²) in [5, 5.41) is 22.1. The largest absolute Gasteiger partial charge is 0.392 e. The zero-order valence-electron chi connectivity index (χ0n) is 8.04. The molecule has 88 valence electrons. The van der Waals surface area contributed by atoms with E-state index in [4.69, 9.17) is 10.2 Å². The summed E-state index contributed by atoms with van der Waals surface area (Å²) in [6, 6.07) is -0.630. The molecule has 1 saturated heterocycles. The molecule has 1 fully saturated rings. The van der Waals surface area contributed by atoms with Gasteiger partial charge in [0, 0.05) is 6.54 Å². The minimum atomic E-state index is -3.30. The van der Waals surface area contributed by atoms with Crippen molar-refractivity contribution >= 4 is 5.91 Å². The molecule has 1 heterocycles. The normalized spacial score (nSPS) is 26.7. The molecular weight excluding hydrogens is 210 g/mol. The van der Waals surface area contributed by atoms with Crippen molar-refractivity contribution in [2.24, 2.45) is 0 Å². The van der Waals surface area contributed by atoms with Crippen LogP contribution in [-0.2, 0) is 4.79 Å². The van der Waals surface area contributed by atoms with Crippen molar-refractivity contribution in [2.75, 3.05) is 19.7 Å². The molecule has 1 aliphatic heterocycles. The molecule has 0 spiro atoms. The highest BCUT2D eigenvalue weighted by Gasteiger charge is 2.32. The monoisotopic (exact) mass is 224 g/mol. The molecule has 0 bridgehead atoms. The molecular formula is C8H14F2N2O3. The summed E-state index contributed by atoms with van der Waals surface area (Å²) in [6.07, 6.45) is -0.393. The van der Waals surface area contributed by atoms with E-state index in [2.05, 4.69) is 5.32 Å². The molecule has 0 aromatic rings. The third-order valence-electron chi connectivity index (χ3n) is 2.18. The highest BCUT2D eigenvalue weighted by Crippen LogP contribution is 2.11. The second-order valence-electron chi connectivity index (χ2n) is 3.58. The maximum atomic E-state index is 12.5. The quantitative estimate of drug-likeness (QED) is 0.466. The van der Waals surface area contributed by atoms with Gasteiger partial charge in [-0.05, 0) is 6.42 Å². The van der Waals surface area contributed by atoms with Crippen LogP contribution in [0.5, 0.6) is 0 Å². The van der Waals surface area contributed by atoms with Crippen LogP contribution in [0.4, 0.5) is 8.78 Å². The third-order valence-corrected chi connectivity index (χ3v) is 2.18. The van der Waals surface area contributed by atoms with E-state index in [0.29, 0.717) is 0 Å². The fourth-order valence-corrected chi connectivity index (χ4v) is 1.31. The molecule has 1 amide bonds. The Kier molecular flexibility index (Phi) is 3.95. The Morgan fingerprint density at radius 3 is 2.73 bits per heavy atom. The summed E-state index contributed by atoms with van der Waals surface area (Å²) in [6.45, 7) is -1.90. The first-order valence-corrected chi connectivity index (χ1v) is 4.62. The van der Waals surface area contributed by atoms with E-state index in [0.717, 1.165) is 0 Å². The van der Waals surface area contributed by atoms with Crippen molar-refractivity contribution in [3.05, 3.63) is 0 Å². The zero-order chi connectivity index (χ0) is 11.5. The van der Waals surface area contributed by atoms with Crippen molar-refractivity contribution in [1.29, 1.82) is 0 Å². The van der Waals surface area contributed by atoms with Gasteiger partial charge in [-0.1, -0.05) is 0 Å². The molecule has 2 unspecified atom stereocenters. The molecule has 4 N–H and O–H groups in total. The van der Waals surface area contributed by atoms with Gasteiger partial charge in [0.15, 0.2) is 0 Å². The predicted octanol–water partition coefficient (Wildman–Crippen LogP) is -1.55. The molecule has 2 atom stereocenters. The summed E-state index contributed by atoms with van der Waals surface area (Å²) in [4.78, 5) is 11.3. The van der Waals surface area contributed by atoms with Crippen molar-refractivity contribution in [3.63, 3.8) is 0 Å². The summed E-state index contributed by atoms with van der Waals surface area (Å²) in [5.74, 6) is -3.88. The number of hydrogen-bond acceptors (Lipinski definition) is 4. The molecule has 15 heavy (non-hydrogen) atoms. The fraction of sp³-hybridized carbons (Fsp3) is 0.875. The van der Waals surface area contributed by atoms with E-state index in [1.54, 1.807) is 0 Å². The van der Waals surface area contributed by atoms with Gasteiger partial charge in [0.2, 0.25) is 5.91 Å². The topological polar surface area (TPSA) is 81.6 Å². The molecule has 0 radical (unpaired) electrons. The van der Waals surface area contributed by atoms with Crippen LogP contribution in [0, 0.1) is 0 Å². The first kappa shape index (κ1) is 12.3. The lowest BCUT2D eigenvalue weighted by Crippen LogP contribution is -2.46. The van der Waals surface area contributed by atoms with Crippen LogP contribution in [0.15, 0.2) is 0 Å². The summed E-state index contributed by atoms with van der Waals surface area (Å²) < 4.78 is 25.1. The van der Waals surface area contributed by atoms with Crippen molar-refractivity contribution in [2.45, 2.75) is 24.5 Å². The molecule has 1 rings (SSSR count). The van der Waals surface area contributed by atoms with Gasteiger partial charge in [-0.25, -0.2) is 8.78 Å². The Labute approximate surface area is 85.5 Å². The van der Waals surface area contributed by atoms with Crippen LogP contribution in [0.2, 0.25) is 0 Å². The second-order valence-corrected chi connectivity index (χ2v) is 3.58. The minimum Gasteiger partial charge on any atom is -0.392 e. The van der Waals surface area contributed by atoms with Crippen LogP contribution >= 0.6 is 0 Å².